The van der Waals surface area contributed by atoms with E-state index >= 15 is 0 Å². The molecule has 1 aromatic carbocycles. The van der Waals surface area contributed by atoms with E-state index < -0.39 is 17.1 Å². The highest BCUT2D eigenvalue weighted by atomic mass is 19.1. The fourth-order valence-corrected chi connectivity index (χ4v) is 2.51. The summed E-state index contributed by atoms with van der Waals surface area (Å²) in [7, 11) is 2.97. The second kappa shape index (κ2) is 5.68. The highest BCUT2D eigenvalue weighted by Crippen LogP contribution is 2.18. The number of methoxy groups -OCH3 is 1. The molecule has 3 aromatic rings. The molecule has 0 aliphatic carbocycles. The second-order valence-corrected chi connectivity index (χ2v) is 5.07. The average molecular weight is 315 g/mol. The van der Waals surface area contributed by atoms with E-state index in [0.717, 1.165) is 4.57 Å². The summed E-state index contributed by atoms with van der Waals surface area (Å²) in [6.07, 6.45) is 1.47. The maximum Gasteiger partial charge on any atom is 0.332 e. The first-order valence-corrected chi connectivity index (χ1v) is 6.90. The van der Waals surface area contributed by atoms with Gasteiger partial charge in [0.2, 0.25) is 0 Å². The standard InChI is InChI=1S/C16H14FN3O3/c1-19-14-13(12(23-2)6-7-18-14)15(21)20(16(19)22)9-10-4-3-5-11(17)8-10/h3-8H,9H2,1-2H3. The van der Waals surface area contributed by atoms with Crippen LogP contribution < -0.4 is 16.0 Å². The summed E-state index contributed by atoms with van der Waals surface area (Å²) in [6, 6.07) is 7.33. The van der Waals surface area contributed by atoms with Gasteiger partial charge in [-0.2, -0.15) is 0 Å². The van der Waals surface area contributed by atoms with Crippen molar-refractivity contribution in [1.29, 1.82) is 0 Å². The van der Waals surface area contributed by atoms with Gasteiger partial charge in [-0.05, 0) is 23.8 Å². The zero-order valence-corrected chi connectivity index (χ0v) is 12.6. The van der Waals surface area contributed by atoms with E-state index in [2.05, 4.69) is 4.98 Å². The molecule has 7 heteroatoms. The Labute approximate surface area is 130 Å². The summed E-state index contributed by atoms with van der Waals surface area (Å²) in [5, 5.41) is 0.216. The van der Waals surface area contributed by atoms with Crippen molar-refractivity contribution >= 4 is 11.0 Å². The van der Waals surface area contributed by atoms with E-state index in [1.165, 1.54) is 43.1 Å². The molecule has 3 rings (SSSR count). The molecule has 0 bridgehead atoms. The minimum atomic E-state index is -0.521. The van der Waals surface area contributed by atoms with Gasteiger partial charge in [-0.15, -0.1) is 0 Å². The first kappa shape index (κ1) is 15.0. The largest absolute Gasteiger partial charge is 0.496 e. The van der Waals surface area contributed by atoms with E-state index in [4.69, 9.17) is 4.74 Å². The quantitative estimate of drug-likeness (QED) is 0.730. The van der Waals surface area contributed by atoms with Crippen molar-refractivity contribution in [3.05, 3.63) is 68.7 Å². The summed E-state index contributed by atoms with van der Waals surface area (Å²) in [5.74, 6) is -0.0870. The fourth-order valence-electron chi connectivity index (χ4n) is 2.51. The number of ether oxygens (including phenoxy) is 1. The molecular weight excluding hydrogens is 301 g/mol. The number of hydrogen-bond acceptors (Lipinski definition) is 4. The van der Waals surface area contributed by atoms with Crippen molar-refractivity contribution in [3.8, 4) is 5.75 Å². The Balaban J connectivity index is 2.29. The Morgan fingerprint density at radius 2 is 2.04 bits per heavy atom. The van der Waals surface area contributed by atoms with Crippen LogP contribution in [0, 0.1) is 5.82 Å². The van der Waals surface area contributed by atoms with E-state index in [0.29, 0.717) is 11.3 Å². The van der Waals surface area contributed by atoms with E-state index in [9.17, 15) is 14.0 Å². The molecule has 0 radical (unpaired) electrons. The average Bonchev–Trinajstić information content (AvgIpc) is 2.56. The number of nitrogens with zero attached hydrogens (tertiary/aromatic N) is 3. The van der Waals surface area contributed by atoms with Crippen molar-refractivity contribution in [3.63, 3.8) is 0 Å². The van der Waals surface area contributed by atoms with Crippen molar-refractivity contribution in [2.45, 2.75) is 6.54 Å². The van der Waals surface area contributed by atoms with Gasteiger partial charge in [-0.25, -0.2) is 14.2 Å². The molecule has 23 heavy (non-hydrogen) atoms. The van der Waals surface area contributed by atoms with Crippen molar-refractivity contribution in [2.75, 3.05) is 7.11 Å². The van der Waals surface area contributed by atoms with Crippen molar-refractivity contribution in [1.82, 2.24) is 14.1 Å². The SMILES string of the molecule is COc1ccnc2c1c(=O)n(Cc1cccc(F)c1)c(=O)n2C. The molecule has 6 nitrogen and oxygen atoms in total. The highest BCUT2D eigenvalue weighted by Gasteiger charge is 2.16. The van der Waals surface area contributed by atoms with Crippen LogP contribution in [0.25, 0.3) is 11.0 Å². The third kappa shape index (κ3) is 2.50. The summed E-state index contributed by atoms with van der Waals surface area (Å²) >= 11 is 0. The third-order valence-electron chi connectivity index (χ3n) is 3.64. The number of benzene rings is 1. The molecule has 0 unspecified atom stereocenters. The lowest BCUT2D eigenvalue weighted by Gasteiger charge is -2.12. The van der Waals surface area contributed by atoms with Crippen LogP contribution in [-0.4, -0.2) is 21.2 Å². The number of halogens is 1. The Morgan fingerprint density at radius 1 is 1.26 bits per heavy atom. The molecule has 2 heterocycles. The third-order valence-corrected chi connectivity index (χ3v) is 3.64. The van der Waals surface area contributed by atoms with Crippen LogP contribution in [0.5, 0.6) is 5.75 Å². The minimum Gasteiger partial charge on any atom is -0.496 e. The molecule has 0 fully saturated rings. The zero-order chi connectivity index (χ0) is 16.6. The predicted octanol–water partition coefficient (Wildman–Crippen LogP) is 1.29. The van der Waals surface area contributed by atoms with E-state index in [1.807, 2.05) is 0 Å². The second-order valence-electron chi connectivity index (χ2n) is 5.07. The number of hydrogen-bond donors (Lipinski definition) is 0. The van der Waals surface area contributed by atoms with Crippen LogP contribution in [0.1, 0.15) is 5.56 Å². The lowest BCUT2D eigenvalue weighted by molar-refractivity contribution is 0.418. The number of rotatable bonds is 3. The van der Waals surface area contributed by atoms with Gasteiger partial charge >= 0.3 is 5.69 Å². The van der Waals surface area contributed by atoms with Gasteiger partial charge in [0.15, 0.2) is 5.65 Å². The van der Waals surface area contributed by atoms with Gasteiger partial charge in [0.1, 0.15) is 17.0 Å². The predicted molar refractivity (Wildman–Crippen MR) is 83.3 cm³/mol. The molecule has 0 amide bonds. The van der Waals surface area contributed by atoms with Gasteiger partial charge in [0.25, 0.3) is 5.56 Å². The Bertz CT molecular complexity index is 1010. The molecule has 0 atom stereocenters. The molecule has 0 aliphatic heterocycles. The Kier molecular flexibility index (Phi) is 3.69. The van der Waals surface area contributed by atoms with Gasteiger partial charge in [0, 0.05) is 13.2 Å². The first-order chi connectivity index (χ1) is 11.0. The molecule has 0 spiro atoms. The Hall–Kier alpha value is -2.96. The normalized spacial score (nSPS) is 10.9. The van der Waals surface area contributed by atoms with E-state index in [-0.39, 0.29) is 17.6 Å². The summed E-state index contributed by atoms with van der Waals surface area (Å²) in [4.78, 5) is 29.2. The van der Waals surface area contributed by atoms with Crippen LogP contribution in [0.2, 0.25) is 0 Å². The van der Waals surface area contributed by atoms with Crippen LogP contribution in [0.4, 0.5) is 4.39 Å². The number of fused-ring (bicyclic) bond motifs is 1. The van der Waals surface area contributed by atoms with Gasteiger partial charge < -0.3 is 4.74 Å². The lowest BCUT2D eigenvalue weighted by Crippen LogP contribution is -2.39. The number of aryl methyl sites for hydroxylation is 1. The highest BCUT2D eigenvalue weighted by molar-refractivity contribution is 5.80. The smallest absolute Gasteiger partial charge is 0.332 e. The molecule has 0 aliphatic rings. The molecule has 0 saturated carbocycles. The summed E-state index contributed by atoms with van der Waals surface area (Å²) < 4.78 is 20.8. The molecule has 2 aromatic heterocycles. The van der Waals surface area contributed by atoms with Gasteiger partial charge in [0.05, 0.1) is 13.7 Å². The Morgan fingerprint density at radius 3 is 2.74 bits per heavy atom. The molecular formula is C16H14FN3O3. The van der Waals surface area contributed by atoms with E-state index in [1.54, 1.807) is 12.1 Å². The summed E-state index contributed by atoms with van der Waals surface area (Å²) in [6.45, 7) is -0.0305. The van der Waals surface area contributed by atoms with Gasteiger partial charge in [-0.1, -0.05) is 12.1 Å². The van der Waals surface area contributed by atoms with Gasteiger partial charge in [-0.3, -0.25) is 13.9 Å². The first-order valence-electron chi connectivity index (χ1n) is 6.90. The molecule has 0 saturated heterocycles. The fraction of sp³-hybridized carbons (Fsp3) is 0.188. The number of pyridine rings is 1. The lowest BCUT2D eigenvalue weighted by atomic mass is 10.2. The molecule has 118 valence electrons. The van der Waals surface area contributed by atoms with Crippen LogP contribution in [0.3, 0.4) is 0 Å². The topological polar surface area (TPSA) is 66.1 Å². The molecule has 0 N–H and O–H groups in total. The van der Waals surface area contributed by atoms with Crippen molar-refractivity contribution in [2.24, 2.45) is 7.05 Å². The zero-order valence-electron chi connectivity index (χ0n) is 12.6. The van der Waals surface area contributed by atoms with Crippen LogP contribution in [-0.2, 0) is 13.6 Å². The summed E-state index contributed by atoms with van der Waals surface area (Å²) in [5.41, 5.74) is -0.272. The van der Waals surface area contributed by atoms with Crippen molar-refractivity contribution < 1.29 is 9.13 Å². The monoisotopic (exact) mass is 315 g/mol. The van der Waals surface area contributed by atoms with Crippen LogP contribution in [0.15, 0.2) is 46.1 Å². The maximum absolute atomic E-state index is 13.3. The van der Waals surface area contributed by atoms with Crippen LogP contribution >= 0.6 is 0 Å². The minimum absolute atomic E-state index is 0.0305. The number of aromatic nitrogens is 3. The maximum atomic E-state index is 13.3.